The van der Waals surface area contributed by atoms with E-state index >= 15 is 0 Å². The quantitative estimate of drug-likeness (QED) is 0.218. The molecule has 0 spiro atoms. The van der Waals surface area contributed by atoms with Gasteiger partial charge in [-0.3, -0.25) is 9.59 Å². The Balaban J connectivity index is 1.88. The second-order valence-corrected chi connectivity index (χ2v) is 12.0. The van der Waals surface area contributed by atoms with Crippen molar-refractivity contribution in [3.05, 3.63) is 99.0 Å². The van der Waals surface area contributed by atoms with E-state index in [1.165, 1.54) is 0 Å². The normalized spacial score (nSPS) is 12.1. The highest BCUT2D eigenvalue weighted by atomic mass is 79.9. The number of hydrogen-bond donors (Lipinski definition) is 1. The standard InChI is InChI=1S/C32H38BrClN2O3/c1-5-6-18-35-31(38)28(19-23-10-8-7-9-11-23)36(21-24-12-15-26(34)16-13-24)30(37)22-39-29-17-14-25(20-27(29)33)32(2,3)4/h7-17,20,28H,5-6,18-19,21-22H2,1-4H3,(H,35,38). The van der Waals surface area contributed by atoms with Crippen LogP contribution >= 0.6 is 27.5 Å². The van der Waals surface area contributed by atoms with Crippen molar-refractivity contribution in [3.8, 4) is 5.75 Å². The Morgan fingerprint density at radius 1 is 1.00 bits per heavy atom. The number of unbranched alkanes of at least 4 members (excludes halogenated alkanes) is 1. The van der Waals surface area contributed by atoms with E-state index in [0.717, 1.165) is 34.0 Å². The van der Waals surface area contributed by atoms with Gasteiger partial charge in [-0.25, -0.2) is 0 Å². The number of amides is 2. The number of hydrogen-bond acceptors (Lipinski definition) is 3. The molecule has 1 atom stereocenters. The van der Waals surface area contributed by atoms with Crippen LogP contribution in [-0.4, -0.2) is 35.9 Å². The van der Waals surface area contributed by atoms with Crippen LogP contribution in [-0.2, 0) is 28.0 Å². The average molecular weight is 614 g/mol. The van der Waals surface area contributed by atoms with Gasteiger partial charge in [0, 0.05) is 24.5 Å². The minimum atomic E-state index is -0.706. The van der Waals surface area contributed by atoms with E-state index in [2.05, 4.69) is 48.9 Å². The van der Waals surface area contributed by atoms with E-state index < -0.39 is 6.04 Å². The molecule has 208 valence electrons. The summed E-state index contributed by atoms with van der Waals surface area (Å²) in [6.45, 7) is 9.13. The van der Waals surface area contributed by atoms with Gasteiger partial charge in [0.05, 0.1) is 4.47 Å². The highest BCUT2D eigenvalue weighted by Gasteiger charge is 2.30. The summed E-state index contributed by atoms with van der Waals surface area (Å²) < 4.78 is 6.77. The molecule has 0 heterocycles. The van der Waals surface area contributed by atoms with Crippen molar-refractivity contribution in [1.29, 1.82) is 0 Å². The van der Waals surface area contributed by atoms with Crippen molar-refractivity contribution in [2.45, 2.75) is 65.0 Å². The van der Waals surface area contributed by atoms with Gasteiger partial charge in [-0.15, -0.1) is 0 Å². The molecule has 7 heteroatoms. The van der Waals surface area contributed by atoms with Crippen LogP contribution in [0.2, 0.25) is 5.02 Å². The van der Waals surface area contributed by atoms with Crippen molar-refractivity contribution >= 4 is 39.3 Å². The number of carbonyl (C=O) groups excluding carboxylic acids is 2. The van der Waals surface area contributed by atoms with E-state index in [9.17, 15) is 9.59 Å². The molecule has 1 N–H and O–H groups in total. The highest BCUT2D eigenvalue weighted by Crippen LogP contribution is 2.31. The van der Waals surface area contributed by atoms with Crippen molar-refractivity contribution in [2.75, 3.05) is 13.2 Å². The molecule has 5 nitrogen and oxygen atoms in total. The monoisotopic (exact) mass is 612 g/mol. The molecule has 0 aliphatic carbocycles. The summed E-state index contributed by atoms with van der Waals surface area (Å²) in [5, 5.41) is 3.65. The molecule has 0 fully saturated rings. The van der Waals surface area contributed by atoms with Gasteiger partial charge in [0.1, 0.15) is 11.8 Å². The molecule has 2 amide bonds. The lowest BCUT2D eigenvalue weighted by Crippen LogP contribution is -2.51. The SMILES string of the molecule is CCCCNC(=O)C(Cc1ccccc1)N(Cc1ccc(Cl)cc1)C(=O)COc1ccc(C(C)(C)C)cc1Br. The first-order valence-electron chi connectivity index (χ1n) is 13.4. The third-order valence-corrected chi connectivity index (χ3v) is 7.39. The zero-order valence-electron chi connectivity index (χ0n) is 23.2. The second kappa shape index (κ2) is 14.5. The first kappa shape index (κ1) is 30.7. The Morgan fingerprint density at radius 3 is 2.31 bits per heavy atom. The molecule has 0 aliphatic heterocycles. The average Bonchev–Trinajstić information content (AvgIpc) is 2.91. The van der Waals surface area contributed by atoms with Crippen molar-refractivity contribution in [1.82, 2.24) is 10.2 Å². The third-order valence-electron chi connectivity index (χ3n) is 6.52. The number of nitrogens with one attached hydrogen (secondary N) is 1. The molecule has 3 aromatic rings. The van der Waals surface area contributed by atoms with Gasteiger partial charge in [0.2, 0.25) is 5.91 Å². The fraction of sp³-hybridized carbons (Fsp3) is 0.375. The summed E-state index contributed by atoms with van der Waals surface area (Å²) in [5.74, 6) is 0.128. The number of nitrogens with zero attached hydrogens (tertiary/aromatic N) is 1. The molecule has 0 saturated carbocycles. The van der Waals surface area contributed by atoms with Gasteiger partial charge < -0.3 is 15.0 Å². The molecule has 1 unspecified atom stereocenters. The maximum absolute atomic E-state index is 13.8. The van der Waals surface area contributed by atoms with Crippen molar-refractivity contribution in [2.24, 2.45) is 0 Å². The smallest absolute Gasteiger partial charge is 0.261 e. The summed E-state index contributed by atoms with van der Waals surface area (Å²) in [6.07, 6.45) is 2.23. The third kappa shape index (κ3) is 9.40. The van der Waals surface area contributed by atoms with E-state index in [1.807, 2.05) is 60.7 Å². The fourth-order valence-corrected chi connectivity index (χ4v) is 4.77. The summed E-state index contributed by atoms with van der Waals surface area (Å²) in [4.78, 5) is 28.9. The summed E-state index contributed by atoms with van der Waals surface area (Å²) in [6, 6.07) is 22.3. The van der Waals surface area contributed by atoms with Crippen LogP contribution in [0.3, 0.4) is 0 Å². The van der Waals surface area contributed by atoms with Crippen molar-refractivity contribution < 1.29 is 14.3 Å². The summed E-state index contributed by atoms with van der Waals surface area (Å²) in [7, 11) is 0. The maximum Gasteiger partial charge on any atom is 0.261 e. The van der Waals surface area contributed by atoms with Crippen LogP contribution in [0.25, 0.3) is 0 Å². The Hall–Kier alpha value is -2.83. The molecule has 0 bridgehead atoms. The first-order valence-corrected chi connectivity index (χ1v) is 14.5. The molecular formula is C32H38BrClN2O3. The summed E-state index contributed by atoms with van der Waals surface area (Å²) >= 11 is 9.70. The predicted octanol–water partition coefficient (Wildman–Crippen LogP) is 7.34. The molecule has 3 aromatic carbocycles. The minimum absolute atomic E-state index is 0.0119. The van der Waals surface area contributed by atoms with E-state index in [4.69, 9.17) is 16.3 Å². The lowest BCUT2D eigenvalue weighted by Gasteiger charge is -2.31. The lowest BCUT2D eigenvalue weighted by molar-refractivity contribution is -0.142. The molecular weight excluding hydrogens is 576 g/mol. The van der Waals surface area contributed by atoms with Gasteiger partial charge >= 0.3 is 0 Å². The fourth-order valence-electron chi connectivity index (χ4n) is 4.15. The number of rotatable bonds is 12. The van der Waals surface area contributed by atoms with Gasteiger partial charge in [-0.05, 0) is 68.7 Å². The van der Waals surface area contributed by atoms with Crippen LogP contribution in [0.15, 0.2) is 77.3 Å². The number of carbonyl (C=O) groups is 2. The number of halogens is 2. The van der Waals surface area contributed by atoms with E-state index in [-0.39, 0.29) is 30.4 Å². The molecule has 0 aromatic heterocycles. The van der Waals surface area contributed by atoms with Crippen LogP contribution in [0.1, 0.15) is 57.2 Å². The minimum Gasteiger partial charge on any atom is -0.483 e. The summed E-state index contributed by atoms with van der Waals surface area (Å²) in [5.41, 5.74) is 3.00. The largest absolute Gasteiger partial charge is 0.483 e. The molecule has 0 aliphatic rings. The predicted molar refractivity (Wildman–Crippen MR) is 162 cm³/mol. The number of ether oxygens (including phenoxy) is 1. The number of benzene rings is 3. The van der Waals surface area contributed by atoms with E-state index in [0.29, 0.717) is 23.7 Å². The van der Waals surface area contributed by atoms with Crippen LogP contribution in [0, 0.1) is 0 Å². The van der Waals surface area contributed by atoms with Gasteiger partial charge in [0.25, 0.3) is 5.91 Å². The Morgan fingerprint density at radius 2 is 1.69 bits per heavy atom. The topological polar surface area (TPSA) is 58.6 Å². The Kier molecular flexibility index (Phi) is 11.4. The van der Waals surface area contributed by atoms with E-state index in [1.54, 1.807) is 17.0 Å². The van der Waals surface area contributed by atoms with Crippen LogP contribution in [0.4, 0.5) is 0 Å². The zero-order chi connectivity index (χ0) is 28.4. The second-order valence-electron chi connectivity index (χ2n) is 10.7. The Labute approximate surface area is 246 Å². The van der Waals surface area contributed by atoms with Crippen molar-refractivity contribution in [3.63, 3.8) is 0 Å². The van der Waals surface area contributed by atoms with Gasteiger partial charge in [0.15, 0.2) is 6.61 Å². The lowest BCUT2D eigenvalue weighted by atomic mass is 9.87. The molecule has 39 heavy (non-hydrogen) atoms. The first-order chi connectivity index (χ1) is 18.6. The molecule has 3 rings (SSSR count). The van der Waals surface area contributed by atoms with Crippen LogP contribution < -0.4 is 10.1 Å². The van der Waals surface area contributed by atoms with Crippen LogP contribution in [0.5, 0.6) is 5.75 Å². The zero-order valence-corrected chi connectivity index (χ0v) is 25.5. The Bertz CT molecular complexity index is 1230. The molecule has 0 saturated heterocycles. The molecule has 0 radical (unpaired) electrons. The van der Waals surface area contributed by atoms with Gasteiger partial charge in [-0.2, -0.15) is 0 Å². The van der Waals surface area contributed by atoms with Gasteiger partial charge in [-0.1, -0.05) is 94.2 Å². The maximum atomic E-state index is 13.8. The highest BCUT2D eigenvalue weighted by molar-refractivity contribution is 9.10.